The van der Waals surface area contributed by atoms with Gasteiger partial charge in [0.2, 0.25) is 5.41 Å². The molecule has 0 spiro atoms. The van der Waals surface area contributed by atoms with Crippen LogP contribution < -0.4 is 20.9 Å². The first-order chi connectivity index (χ1) is 25.3. The van der Waals surface area contributed by atoms with E-state index in [0.29, 0.717) is 36.1 Å². The van der Waals surface area contributed by atoms with E-state index in [9.17, 15) is 0 Å². The van der Waals surface area contributed by atoms with E-state index in [4.69, 9.17) is 39.9 Å². The average Bonchev–Trinajstić information content (AvgIpc) is 3.89. The van der Waals surface area contributed by atoms with Gasteiger partial charge in [-0.1, -0.05) is 12.1 Å². The first-order valence-corrected chi connectivity index (χ1v) is 17.3. The molecular formula is C39H36F6N2O6. The largest absolute Gasteiger partial charge is 0.457 e. The molecule has 8 rings (SSSR count). The van der Waals surface area contributed by atoms with Gasteiger partial charge in [-0.15, -0.1) is 0 Å². The van der Waals surface area contributed by atoms with Crippen molar-refractivity contribution in [2.75, 3.05) is 37.9 Å². The van der Waals surface area contributed by atoms with Gasteiger partial charge in [0, 0.05) is 48.2 Å². The summed E-state index contributed by atoms with van der Waals surface area (Å²) in [7, 11) is 0. The van der Waals surface area contributed by atoms with E-state index in [-0.39, 0.29) is 72.6 Å². The fraction of sp³-hybridized carbons (Fsp3) is 0.385. The summed E-state index contributed by atoms with van der Waals surface area (Å²) in [4.78, 5) is 0. The SMILES string of the molecule is Nc1ccc(Oc2ccc(C(c3c(CC4CO4)c(CC4CO4)c(Oc4ccc(N)cc4)c(CC4CO4)c3CC3CO3)(C(F)(F)F)C(F)(F)F)cc2)cc1. The van der Waals surface area contributed by atoms with Crippen LogP contribution in [-0.4, -0.2) is 63.2 Å². The summed E-state index contributed by atoms with van der Waals surface area (Å²) in [6, 6.07) is 16.5. The molecule has 4 aliphatic heterocycles. The van der Waals surface area contributed by atoms with Crippen LogP contribution in [0.3, 0.4) is 0 Å². The summed E-state index contributed by atoms with van der Waals surface area (Å²) in [6.45, 7) is 0.976. The van der Waals surface area contributed by atoms with Gasteiger partial charge in [-0.2, -0.15) is 26.3 Å². The van der Waals surface area contributed by atoms with Crippen molar-refractivity contribution >= 4 is 11.4 Å². The Bertz CT molecular complexity index is 1880. The molecule has 0 bridgehead atoms. The number of nitrogen functional groups attached to an aromatic ring is 2. The summed E-state index contributed by atoms with van der Waals surface area (Å²) < 4.78 is 131. The summed E-state index contributed by atoms with van der Waals surface area (Å²) in [5.41, 5.74) is 6.39. The average molecular weight is 743 g/mol. The molecule has 4 N–H and O–H groups in total. The Morgan fingerprint density at radius 2 is 0.811 bits per heavy atom. The molecule has 0 saturated carbocycles. The minimum atomic E-state index is -5.87. The lowest BCUT2D eigenvalue weighted by molar-refractivity contribution is -0.289. The molecule has 4 unspecified atom stereocenters. The number of rotatable bonds is 14. The molecule has 14 heteroatoms. The van der Waals surface area contributed by atoms with Crippen LogP contribution in [0.15, 0.2) is 72.8 Å². The lowest BCUT2D eigenvalue weighted by atomic mass is 9.66. The van der Waals surface area contributed by atoms with Crippen molar-refractivity contribution in [2.24, 2.45) is 0 Å². The van der Waals surface area contributed by atoms with Gasteiger partial charge in [0.15, 0.2) is 0 Å². The number of anilines is 2. The predicted molar refractivity (Wildman–Crippen MR) is 181 cm³/mol. The Hall–Kier alpha value is -4.50. The van der Waals surface area contributed by atoms with Crippen molar-refractivity contribution in [1.82, 2.24) is 0 Å². The second kappa shape index (κ2) is 13.4. The van der Waals surface area contributed by atoms with Gasteiger partial charge in [-0.25, -0.2) is 0 Å². The molecule has 4 heterocycles. The van der Waals surface area contributed by atoms with Crippen LogP contribution in [0.2, 0.25) is 0 Å². The normalized spacial score (nSPS) is 22.0. The van der Waals surface area contributed by atoms with Crippen molar-refractivity contribution in [2.45, 2.75) is 67.9 Å². The fourth-order valence-electron chi connectivity index (χ4n) is 7.07. The fourth-order valence-corrected chi connectivity index (χ4v) is 7.07. The van der Waals surface area contributed by atoms with Gasteiger partial charge in [-0.05, 0) is 82.9 Å². The Kier molecular flexibility index (Phi) is 8.99. The van der Waals surface area contributed by atoms with Crippen molar-refractivity contribution in [1.29, 1.82) is 0 Å². The minimum absolute atomic E-state index is 0.0260. The van der Waals surface area contributed by atoms with Crippen molar-refractivity contribution in [3.63, 3.8) is 0 Å². The van der Waals surface area contributed by atoms with Crippen LogP contribution in [0.25, 0.3) is 0 Å². The highest BCUT2D eigenvalue weighted by Crippen LogP contribution is 2.60. The maximum Gasteiger partial charge on any atom is 0.411 e. The Morgan fingerprint density at radius 1 is 0.491 bits per heavy atom. The number of hydrogen-bond donors (Lipinski definition) is 2. The molecule has 8 nitrogen and oxygen atoms in total. The quantitative estimate of drug-likeness (QED) is 0.0770. The summed E-state index contributed by atoms with van der Waals surface area (Å²) in [5, 5.41) is 0. The molecule has 0 aliphatic carbocycles. The van der Waals surface area contributed by atoms with Crippen molar-refractivity contribution < 1.29 is 54.8 Å². The Labute approximate surface area is 300 Å². The molecule has 0 radical (unpaired) electrons. The van der Waals surface area contributed by atoms with Gasteiger partial charge in [0.1, 0.15) is 23.0 Å². The van der Waals surface area contributed by atoms with Crippen molar-refractivity contribution in [3.05, 3.63) is 106 Å². The second-order valence-electron chi connectivity index (χ2n) is 13.9. The van der Waals surface area contributed by atoms with Crippen LogP contribution in [0.4, 0.5) is 37.7 Å². The Balaban J connectivity index is 1.41. The number of epoxide rings is 4. The van der Waals surface area contributed by atoms with Gasteiger partial charge in [0.25, 0.3) is 0 Å². The van der Waals surface area contributed by atoms with E-state index in [0.717, 1.165) is 24.3 Å². The van der Waals surface area contributed by atoms with Crippen LogP contribution in [0, 0.1) is 0 Å². The zero-order valence-electron chi connectivity index (χ0n) is 28.3. The number of ether oxygens (including phenoxy) is 6. The summed E-state index contributed by atoms with van der Waals surface area (Å²) in [5.74, 6) is 0.861. The monoisotopic (exact) mass is 742 g/mol. The van der Waals surface area contributed by atoms with Gasteiger partial charge in [0.05, 0.1) is 50.8 Å². The van der Waals surface area contributed by atoms with Gasteiger partial charge in [-0.3, -0.25) is 0 Å². The molecule has 4 fully saturated rings. The van der Waals surface area contributed by atoms with E-state index in [1.54, 1.807) is 48.5 Å². The maximum atomic E-state index is 16.2. The van der Waals surface area contributed by atoms with Crippen LogP contribution in [0.5, 0.6) is 23.0 Å². The predicted octanol–water partition coefficient (Wildman–Crippen LogP) is 7.61. The third-order valence-corrected chi connectivity index (χ3v) is 9.95. The van der Waals surface area contributed by atoms with Gasteiger partial charge < -0.3 is 39.9 Å². The number of halogens is 6. The second-order valence-corrected chi connectivity index (χ2v) is 13.9. The molecule has 4 aromatic carbocycles. The topological polar surface area (TPSA) is 121 Å². The maximum absolute atomic E-state index is 16.2. The van der Waals surface area contributed by atoms with Crippen LogP contribution in [0.1, 0.15) is 33.4 Å². The molecule has 4 aromatic rings. The molecule has 4 aliphatic rings. The number of alkyl halides is 6. The molecule has 4 atom stereocenters. The molecule has 53 heavy (non-hydrogen) atoms. The van der Waals surface area contributed by atoms with E-state index >= 15 is 26.3 Å². The summed E-state index contributed by atoms with van der Waals surface area (Å²) in [6.07, 6.45) is -14.1. The Morgan fingerprint density at radius 3 is 1.15 bits per heavy atom. The molecule has 0 amide bonds. The minimum Gasteiger partial charge on any atom is -0.457 e. The number of nitrogens with two attached hydrogens (primary N) is 2. The number of hydrogen-bond acceptors (Lipinski definition) is 8. The zero-order valence-corrected chi connectivity index (χ0v) is 28.3. The first-order valence-electron chi connectivity index (χ1n) is 17.3. The van der Waals surface area contributed by atoms with E-state index in [1.165, 1.54) is 0 Å². The highest BCUT2D eigenvalue weighted by molar-refractivity contribution is 5.64. The number of benzene rings is 4. The highest BCUT2D eigenvalue weighted by atomic mass is 19.4. The van der Waals surface area contributed by atoms with E-state index < -0.39 is 53.3 Å². The van der Waals surface area contributed by atoms with Gasteiger partial charge >= 0.3 is 12.4 Å². The van der Waals surface area contributed by atoms with Crippen LogP contribution >= 0.6 is 0 Å². The third kappa shape index (κ3) is 7.37. The zero-order chi connectivity index (χ0) is 37.1. The smallest absolute Gasteiger partial charge is 0.411 e. The van der Waals surface area contributed by atoms with E-state index in [2.05, 4.69) is 0 Å². The molecule has 0 aromatic heterocycles. The van der Waals surface area contributed by atoms with E-state index in [1.807, 2.05) is 0 Å². The molecule has 4 saturated heterocycles. The third-order valence-electron chi connectivity index (χ3n) is 9.95. The lowest BCUT2D eigenvalue weighted by Crippen LogP contribution is -2.56. The summed E-state index contributed by atoms with van der Waals surface area (Å²) >= 11 is 0. The highest BCUT2D eigenvalue weighted by Gasteiger charge is 2.74. The lowest BCUT2D eigenvalue weighted by Gasteiger charge is -2.42. The molecular weight excluding hydrogens is 706 g/mol. The first kappa shape index (κ1) is 35.5. The standard InChI is InChI=1S/C39H36F6N2O6/c40-38(41,42)37(39(43,44)45,21-1-7-24(8-2-21)52-25-9-3-22(46)4-10-25)35-31(13-27-17-48-27)33(15-29-19-50-29)36(53-26-11-5-23(47)6-12-26)34(16-30-20-51-30)32(35)14-28-18-49-28/h1-12,27-30H,13-20,46-47H2. The van der Waals surface area contributed by atoms with Crippen molar-refractivity contribution in [3.8, 4) is 23.0 Å². The molecule has 280 valence electrons. The van der Waals surface area contributed by atoms with Crippen LogP contribution in [-0.2, 0) is 50.0 Å².